The van der Waals surface area contributed by atoms with Crippen LogP contribution in [0.15, 0.2) is 54.7 Å². The van der Waals surface area contributed by atoms with E-state index in [1.807, 2.05) is 25.3 Å². The average molecular weight is 437 g/mol. The minimum atomic E-state index is -0.208. The van der Waals surface area contributed by atoms with E-state index in [4.69, 9.17) is 11.6 Å². The number of nitrogens with one attached hydrogen (secondary N) is 1. The van der Waals surface area contributed by atoms with Gasteiger partial charge in [0.05, 0.1) is 5.52 Å². The number of hydrogen-bond donors (Lipinski definition) is 1. The smallest absolute Gasteiger partial charge is 0.227 e. The molecule has 0 spiro atoms. The van der Waals surface area contributed by atoms with Crippen molar-refractivity contribution >= 4 is 34.1 Å². The fourth-order valence-corrected chi connectivity index (χ4v) is 5.95. The number of pyridine rings is 1. The number of anilines is 1. The van der Waals surface area contributed by atoms with E-state index in [9.17, 15) is 9.18 Å². The number of rotatable bonds is 4. The maximum Gasteiger partial charge on any atom is 0.227 e. The maximum atomic E-state index is 13.9. The van der Waals surface area contributed by atoms with Crippen LogP contribution in [-0.2, 0) is 4.79 Å². The molecule has 5 atom stereocenters. The van der Waals surface area contributed by atoms with Gasteiger partial charge in [-0.05, 0) is 103 Å². The summed E-state index contributed by atoms with van der Waals surface area (Å²) in [6, 6.07) is 14.2. The second-order valence-corrected chi connectivity index (χ2v) is 9.70. The van der Waals surface area contributed by atoms with E-state index in [1.165, 1.54) is 11.6 Å². The van der Waals surface area contributed by atoms with Gasteiger partial charge in [0.15, 0.2) is 0 Å². The number of carbonyl (C=O) groups is 1. The molecule has 2 aliphatic rings. The third-order valence-electron chi connectivity index (χ3n) is 7.46. The van der Waals surface area contributed by atoms with E-state index < -0.39 is 0 Å². The van der Waals surface area contributed by atoms with Crippen molar-refractivity contribution in [1.29, 1.82) is 0 Å². The summed E-state index contributed by atoms with van der Waals surface area (Å²) in [4.78, 5) is 17.2. The molecule has 3 aromatic rings. The first-order chi connectivity index (χ1) is 15.0. The molecule has 5 heteroatoms. The van der Waals surface area contributed by atoms with Crippen LogP contribution in [0.1, 0.15) is 44.1 Å². The SMILES string of the molecule is C[C@H](C(=O)Nc1ccc(Cl)cc1)[C@H]1C[C@H]2C[C@@H](c3ccnc4ccc(F)cc34)C[C@H]2C1. The van der Waals surface area contributed by atoms with Crippen LogP contribution in [0.4, 0.5) is 10.1 Å². The number of nitrogens with zero attached hydrogens (tertiary/aromatic N) is 1. The molecule has 0 radical (unpaired) electrons. The lowest BCUT2D eigenvalue weighted by molar-refractivity contribution is -0.120. The molecule has 2 fully saturated rings. The Morgan fingerprint density at radius 2 is 1.77 bits per heavy atom. The third-order valence-corrected chi connectivity index (χ3v) is 7.71. The van der Waals surface area contributed by atoms with Crippen LogP contribution in [0.5, 0.6) is 0 Å². The van der Waals surface area contributed by atoms with Crippen molar-refractivity contribution in [1.82, 2.24) is 4.98 Å². The highest BCUT2D eigenvalue weighted by Gasteiger charge is 2.44. The van der Waals surface area contributed by atoms with Crippen molar-refractivity contribution in [2.45, 2.75) is 38.5 Å². The summed E-state index contributed by atoms with van der Waals surface area (Å²) in [5.74, 6) is 1.99. The van der Waals surface area contributed by atoms with Gasteiger partial charge in [0, 0.05) is 28.2 Å². The van der Waals surface area contributed by atoms with Gasteiger partial charge in [-0.3, -0.25) is 9.78 Å². The lowest BCUT2D eigenvalue weighted by Crippen LogP contribution is -2.26. The van der Waals surface area contributed by atoms with Crippen molar-refractivity contribution in [3.8, 4) is 0 Å². The Morgan fingerprint density at radius 1 is 1.06 bits per heavy atom. The van der Waals surface area contributed by atoms with Gasteiger partial charge in [-0.15, -0.1) is 0 Å². The fraction of sp³-hybridized carbons (Fsp3) is 0.385. The van der Waals surface area contributed by atoms with Crippen molar-refractivity contribution in [3.05, 3.63) is 71.1 Å². The Labute approximate surface area is 187 Å². The van der Waals surface area contributed by atoms with Crippen molar-refractivity contribution in [2.75, 3.05) is 5.32 Å². The van der Waals surface area contributed by atoms with Crippen LogP contribution in [0.3, 0.4) is 0 Å². The zero-order valence-corrected chi connectivity index (χ0v) is 18.3. The van der Waals surface area contributed by atoms with Gasteiger partial charge in [-0.1, -0.05) is 18.5 Å². The Morgan fingerprint density at radius 3 is 2.48 bits per heavy atom. The van der Waals surface area contributed by atoms with Crippen LogP contribution < -0.4 is 5.32 Å². The molecule has 0 saturated heterocycles. The Hall–Kier alpha value is -2.46. The number of carbonyl (C=O) groups excluding carboxylic acids is 1. The standard InChI is InChI=1S/C26H26ClFN2O/c1-15(26(31)30-22-5-2-20(27)3-6-22)16-10-17-12-19(13-18(17)11-16)23-8-9-29-25-7-4-21(28)14-24(23)25/h2-9,14-19H,10-13H2,1H3,(H,30,31)/t15-,16-,17-,18+,19+/m0/s1. The van der Waals surface area contributed by atoms with Crippen LogP contribution in [0.25, 0.3) is 10.9 Å². The summed E-state index contributed by atoms with van der Waals surface area (Å²) in [6.07, 6.45) is 6.25. The first-order valence-corrected chi connectivity index (χ1v) is 11.5. The quantitative estimate of drug-likeness (QED) is 0.487. The number of halogens is 2. The molecule has 1 amide bonds. The second kappa shape index (κ2) is 8.23. The molecule has 2 aromatic carbocycles. The van der Waals surface area contributed by atoms with Gasteiger partial charge in [0.1, 0.15) is 5.82 Å². The maximum absolute atomic E-state index is 13.9. The Bertz CT molecular complexity index is 1100. The van der Waals surface area contributed by atoms with Crippen LogP contribution >= 0.6 is 11.6 Å². The summed E-state index contributed by atoms with van der Waals surface area (Å²) in [5.41, 5.74) is 2.88. The molecule has 2 aliphatic carbocycles. The number of hydrogen-bond acceptors (Lipinski definition) is 2. The molecule has 0 unspecified atom stereocenters. The van der Waals surface area contributed by atoms with Crippen LogP contribution in [0, 0.1) is 29.5 Å². The lowest BCUT2D eigenvalue weighted by Gasteiger charge is -2.21. The predicted molar refractivity (Wildman–Crippen MR) is 123 cm³/mol. The van der Waals surface area contributed by atoms with Crippen LogP contribution in [0.2, 0.25) is 5.02 Å². The minimum Gasteiger partial charge on any atom is -0.326 e. The predicted octanol–water partition coefficient (Wildman–Crippen LogP) is 6.82. The van der Waals surface area contributed by atoms with E-state index in [2.05, 4.69) is 16.4 Å². The van der Waals surface area contributed by atoms with Gasteiger partial charge >= 0.3 is 0 Å². The zero-order valence-electron chi connectivity index (χ0n) is 17.5. The molecule has 5 rings (SSSR count). The van der Waals surface area contributed by atoms with Crippen molar-refractivity contribution < 1.29 is 9.18 Å². The number of benzene rings is 2. The van der Waals surface area contributed by atoms with E-state index in [-0.39, 0.29) is 17.6 Å². The summed E-state index contributed by atoms with van der Waals surface area (Å²) in [7, 11) is 0. The van der Waals surface area contributed by atoms with Crippen LogP contribution in [-0.4, -0.2) is 10.9 Å². The topological polar surface area (TPSA) is 42.0 Å². The molecule has 31 heavy (non-hydrogen) atoms. The summed E-state index contributed by atoms with van der Waals surface area (Å²) >= 11 is 5.93. The largest absolute Gasteiger partial charge is 0.326 e. The van der Waals surface area contributed by atoms with Crippen molar-refractivity contribution in [3.63, 3.8) is 0 Å². The molecule has 0 aliphatic heterocycles. The lowest BCUT2D eigenvalue weighted by atomic mass is 9.86. The van der Waals surface area contributed by atoms with Gasteiger partial charge in [0.2, 0.25) is 5.91 Å². The molecule has 3 nitrogen and oxygen atoms in total. The van der Waals surface area contributed by atoms with Gasteiger partial charge in [0.25, 0.3) is 0 Å². The van der Waals surface area contributed by atoms with E-state index >= 15 is 0 Å². The van der Waals surface area contributed by atoms with Gasteiger partial charge in [-0.25, -0.2) is 4.39 Å². The first kappa shape index (κ1) is 20.4. The molecule has 1 heterocycles. The molecular weight excluding hydrogens is 411 g/mol. The monoisotopic (exact) mass is 436 g/mol. The zero-order chi connectivity index (χ0) is 21.5. The molecule has 0 bridgehead atoms. The highest BCUT2D eigenvalue weighted by atomic mass is 35.5. The normalized spacial score (nSPS) is 26.0. The highest BCUT2D eigenvalue weighted by Crippen LogP contribution is 2.54. The van der Waals surface area contributed by atoms with Crippen molar-refractivity contribution in [2.24, 2.45) is 23.7 Å². The molecular formula is C26H26ClFN2O. The summed E-state index contributed by atoms with van der Waals surface area (Å²) in [5, 5.41) is 4.64. The average Bonchev–Trinajstić information content (AvgIpc) is 3.33. The second-order valence-electron chi connectivity index (χ2n) is 9.27. The Kier molecular flexibility index (Phi) is 5.43. The van der Waals surface area contributed by atoms with Gasteiger partial charge < -0.3 is 5.32 Å². The van der Waals surface area contributed by atoms with E-state index in [1.54, 1.807) is 24.3 Å². The molecule has 1 aromatic heterocycles. The highest BCUT2D eigenvalue weighted by molar-refractivity contribution is 6.30. The van der Waals surface area contributed by atoms with E-state index in [0.29, 0.717) is 28.7 Å². The van der Waals surface area contributed by atoms with E-state index in [0.717, 1.165) is 42.3 Å². The molecule has 160 valence electrons. The summed E-state index contributed by atoms with van der Waals surface area (Å²) < 4.78 is 13.9. The minimum absolute atomic E-state index is 0.0180. The summed E-state index contributed by atoms with van der Waals surface area (Å²) in [6.45, 7) is 2.05. The number of amides is 1. The molecule has 1 N–H and O–H groups in total. The third kappa shape index (κ3) is 4.06. The Balaban J connectivity index is 1.24. The fourth-order valence-electron chi connectivity index (χ4n) is 5.82. The number of aromatic nitrogens is 1. The van der Waals surface area contributed by atoms with Gasteiger partial charge in [-0.2, -0.15) is 0 Å². The molecule has 2 saturated carbocycles. The first-order valence-electron chi connectivity index (χ1n) is 11.1. The number of fused-ring (bicyclic) bond motifs is 2.